The fraction of sp³-hybridized carbons (Fsp3) is 0.174. The van der Waals surface area contributed by atoms with E-state index in [0.717, 1.165) is 23.3 Å². The topological polar surface area (TPSA) is 86.5 Å². The molecule has 6 nitrogen and oxygen atoms in total. The minimum absolute atomic E-state index is 0.154. The zero-order chi connectivity index (χ0) is 20.4. The van der Waals surface area contributed by atoms with Crippen molar-refractivity contribution < 1.29 is 0 Å². The van der Waals surface area contributed by atoms with Gasteiger partial charge in [-0.05, 0) is 49.6 Å². The van der Waals surface area contributed by atoms with Crippen LogP contribution in [0.2, 0.25) is 0 Å². The molecule has 0 aliphatic rings. The Labute approximate surface area is 168 Å². The summed E-state index contributed by atoms with van der Waals surface area (Å²) in [6, 6.07) is 19.4. The lowest BCUT2D eigenvalue weighted by atomic mass is 10.1. The molecule has 0 spiro atoms. The Morgan fingerprint density at radius 1 is 1.14 bits per heavy atom. The van der Waals surface area contributed by atoms with Gasteiger partial charge in [-0.15, -0.1) is 0 Å². The van der Waals surface area contributed by atoms with Crippen molar-refractivity contribution in [1.82, 2.24) is 14.5 Å². The molecule has 6 heteroatoms. The number of fused-ring (bicyclic) bond motifs is 1. The van der Waals surface area contributed by atoms with Crippen molar-refractivity contribution in [1.29, 1.82) is 5.26 Å². The summed E-state index contributed by atoms with van der Waals surface area (Å²) in [5.74, 6) is 0.596. The summed E-state index contributed by atoms with van der Waals surface area (Å²) in [6.45, 7) is 4.26. The molecule has 0 amide bonds. The predicted octanol–water partition coefficient (Wildman–Crippen LogP) is 3.86. The number of nitrogens with one attached hydrogen (secondary N) is 2. The summed E-state index contributed by atoms with van der Waals surface area (Å²) in [7, 11) is 0. The molecule has 2 aromatic heterocycles. The molecular weight excluding hydrogens is 362 g/mol. The molecule has 2 heterocycles. The maximum atomic E-state index is 12.4. The fourth-order valence-corrected chi connectivity index (χ4v) is 3.57. The van der Waals surface area contributed by atoms with Crippen molar-refractivity contribution in [3.05, 3.63) is 87.7 Å². The Bertz CT molecular complexity index is 1260. The third-order valence-corrected chi connectivity index (χ3v) is 4.89. The number of aromatic nitrogens is 3. The molecule has 4 rings (SSSR count). The first kappa shape index (κ1) is 18.5. The van der Waals surface area contributed by atoms with E-state index >= 15 is 0 Å². The van der Waals surface area contributed by atoms with E-state index in [1.807, 2.05) is 24.3 Å². The Balaban J connectivity index is 1.53. The maximum absolute atomic E-state index is 12.4. The van der Waals surface area contributed by atoms with Crippen LogP contribution in [0, 0.1) is 25.2 Å². The van der Waals surface area contributed by atoms with Gasteiger partial charge in [-0.2, -0.15) is 5.26 Å². The van der Waals surface area contributed by atoms with Gasteiger partial charge in [-0.3, -0.25) is 9.36 Å². The second kappa shape index (κ2) is 7.64. The molecule has 0 atom stereocenters. The van der Waals surface area contributed by atoms with Crippen LogP contribution >= 0.6 is 0 Å². The smallest absolute Gasteiger partial charge is 0.258 e. The quantitative estimate of drug-likeness (QED) is 0.548. The maximum Gasteiger partial charge on any atom is 0.258 e. The normalized spacial score (nSPS) is 10.8. The van der Waals surface area contributed by atoms with Crippen LogP contribution in [0.5, 0.6) is 0 Å². The van der Waals surface area contributed by atoms with E-state index in [-0.39, 0.29) is 5.56 Å². The number of benzene rings is 2. The lowest BCUT2D eigenvalue weighted by Gasteiger charge is -2.13. The summed E-state index contributed by atoms with van der Waals surface area (Å²) in [5.41, 5.74) is 4.67. The fourth-order valence-electron chi connectivity index (χ4n) is 3.57. The van der Waals surface area contributed by atoms with E-state index in [9.17, 15) is 10.1 Å². The number of nitrogens with zero attached hydrogens (tertiary/aromatic N) is 3. The zero-order valence-electron chi connectivity index (χ0n) is 16.4. The van der Waals surface area contributed by atoms with Gasteiger partial charge in [0.05, 0.1) is 16.9 Å². The Kier molecular flexibility index (Phi) is 4.88. The van der Waals surface area contributed by atoms with Gasteiger partial charge in [0.2, 0.25) is 0 Å². The summed E-state index contributed by atoms with van der Waals surface area (Å²) in [6.07, 6.45) is 0.807. The van der Waals surface area contributed by atoms with Crippen LogP contribution in [0.1, 0.15) is 22.8 Å². The van der Waals surface area contributed by atoms with Gasteiger partial charge < -0.3 is 10.3 Å². The second-order valence-electron chi connectivity index (χ2n) is 7.02. The number of aryl methyl sites for hydroxylation is 2. The third kappa shape index (κ3) is 3.76. The summed E-state index contributed by atoms with van der Waals surface area (Å²) in [5, 5.41) is 14.1. The van der Waals surface area contributed by atoms with Gasteiger partial charge in [0.25, 0.3) is 5.56 Å². The first-order valence-corrected chi connectivity index (χ1v) is 9.47. The van der Waals surface area contributed by atoms with Crippen LogP contribution in [-0.2, 0) is 6.42 Å². The highest BCUT2D eigenvalue weighted by Crippen LogP contribution is 2.20. The standard InChI is InChI=1S/C23H21N5O/c1-15-11-23(29)28(16(2)26-15)20-7-8-21(18(13-20)14-24)25-10-9-19-12-17-5-3-4-6-22(17)27-19/h3-8,11-13,25,27H,9-10H2,1-2H3. The number of nitriles is 1. The van der Waals surface area contributed by atoms with Crippen molar-refractivity contribution in [3.8, 4) is 11.8 Å². The third-order valence-electron chi connectivity index (χ3n) is 4.89. The van der Waals surface area contributed by atoms with Gasteiger partial charge in [-0.25, -0.2) is 4.98 Å². The molecule has 0 radical (unpaired) electrons. The van der Waals surface area contributed by atoms with Crippen LogP contribution in [0.25, 0.3) is 16.6 Å². The van der Waals surface area contributed by atoms with E-state index in [2.05, 4.69) is 39.6 Å². The number of hydrogen-bond acceptors (Lipinski definition) is 4. The van der Waals surface area contributed by atoms with Crippen LogP contribution in [0.4, 0.5) is 5.69 Å². The second-order valence-corrected chi connectivity index (χ2v) is 7.02. The van der Waals surface area contributed by atoms with Crippen LogP contribution < -0.4 is 10.9 Å². The SMILES string of the molecule is Cc1cc(=O)n(-c2ccc(NCCc3cc4ccccc4[nH]3)c(C#N)c2)c(C)n1. The molecule has 0 saturated heterocycles. The molecule has 0 aliphatic heterocycles. The van der Waals surface area contributed by atoms with Crippen molar-refractivity contribution >= 4 is 16.6 Å². The first-order valence-electron chi connectivity index (χ1n) is 9.47. The Hall–Kier alpha value is -3.85. The van der Waals surface area contributed by atoms with Gasteiger partial charge in [0.1, 0.15) is 11.9 Å². The zero-order valence-corrected chi connectivity index (χ0v) is 16.4. The molecule has 0 fully saturated rings. The van der Waals surface area contributed by atoms with E-state index in [1.165, 1.54) is 16.0 Å². The van der Waals surface area contributed by atoms with Crippen molar-refractivity contribution in [2.45, 2.75) is 20.3 Å². The number of hydrogen-bond donors (Lipinski definition) is 2. The molecule has 2 N–H and O–H groups in total. The van der Waals surface area contributed by atoms with Crippen molar-refractivity contribution in [3.63, 3.8) is 0 Å². The first-order chi connectivity index (χ1) is 14.0. The molecule has 0 saturated carbocycles. The van der Waals surface area contributed by atoms with E-state index < -0.39 is 0 Å². The van der Waals surface area contributed by atoms with Crippen LogP contribution in [0.3, 0.4) is 0 Å². The van der Waals surface area contributed by atoms with Crippen LogP contribution in [-0.4, -0.2) is 21.1 Å². The minimum atomic E-state index is -0.154. The molecule has 4 aromatic rings. The summed E-state index contributed by atoms with van der Waals surface area (Å²) in [4.78, 5) is 20.1. The monoisotopic (exact) mass is 383 g/mol. The Morgan fingerprint density at radius 3 is 2.72 bits per heavy atom. The molecule has 0 unspecified atom stereocenters. The molecule has 0 aliphatic carbocycles. The highest BCUT2D eigenvalue weighted by atomic mass is 16.1. The van der Waals surface area contributed by atoms with Gasteiger partial charge in [-0.1, -0.05) is 18.2 Å². The highest BCUT2D eigenvalue weighted by molar-refractivity contribution is 5.80. The lowest BCUT2D eigenvalue weighted by Crippen LogP contribution is -2.22. The Morgan fingerprint density at radius 2 is 1.97 bits per heavy atom. The van der Waals surface area contributed by atoms with E-state index in [1.54, 1.807) is 19.9 Å². The predicted molar refractivity (Wildman–Crippen MR) is 115 cm³/mol. The number of para-hydroxylation sites is 1. The van der Waals surface area contributed by atoms with Gasteiger partial charge in [0, 0.05) is 35.9 Å². The molecule has 144 valence electrons. The average Bonchev–Trinajstić information content (AvgIpc) is 3.10. The lowest BCUT2D eigenvalue weighted by molar-refractivity contribution is 0.853. The van der Waals surface area contributed by atoms with Crippen LogP contribution in [0.15, 0.2) is 59.4 Å². The number of aromatic amines is 1. The summed E-state index contributed by atoms with van der Waals surface area (Å²) < 4.78 is 1.52. The van der Waals surface area contributed by atoms with Gasteiger partial charge >= 0.3 is 0 Å². The van der Waals surface area contributed by atoms with Crippen molar-refractivity contribution in [2.24, 2.45) is 0 Å². The molecular formula is C23H21N5O. The molecule has 29 heavy (non-hydrogen) atoms. The highest BCUT2D eigenvalue weighted by Gasteiger charge is 2.09. The largest absolute Gasteiger partial charge is 0.384 e. The van der Waals surface area contributed by atoms with E-state index in [4.69, 9.17) is 0 Å². The number of rotatable bonds is 5. The van der Waals surface area contributed by atoms with Gasteiger partial charge in [0.15, 0.2) is 0 Å². The average molecular weight is 383 g/mol. The molecule has 2 aromatic carbocycles. The van der Waals surface area contributed by atoms with Crippen molar-refractivity contribution in [2.75, 3.05) is 11.9 Å². The number of anilines is 1. The minimum Gasteiger partial charge on any atom is -0.384 e. The summed E-state index contributed by atoms with van der Waals surface area (Å²) >= 11 is 0. The number of H-pyrrole nitrogens is 1. The van der Waals surface area contributed by atoms with E-state index in [0.29, 0.717) is 29.3 Å². The molecule has 0 bridgehead atoms.